The van der Waals surface area contributed by atoms with E-state index in [-0.39, 0.29) is 12.3 Å². The summed E-state index contributed by atoms with van der Waals surface area (Å²) in [5.41, 5.74) is 5.61. The van der Waals surface area contributed by atoms with Gasteiger partial charge in [0.1, 0.15) is 6.54 Å². The first kappa shape index (κ1) is 20.5. The summed E-state index contributed by atoms with van der Waals surface area (Å²) >= 11 is 0. The standard InChI is InChI=1S/C26H24N2O3/c1-3-28-23-10-8-18(12-13-27-16-25(29)30)14-21(23)22-15-19(9-11-24(22)28)26(31)20-7-5-4-6-17(20)2/h4-11,13-15H,3,12,16H2,1-2H3,(H,29,30). The van der Waals surface area contributed by atoms with Gasteiger partial charge in [-0.05, 0) is 55.3 Å². The molecule has 0 radical (unpaired) electrons. The van der Waals surface area contributed by atoms with Gasteiger partial charge in [-0.2, -0.15) is 0 Å². The van der Waals surface area contributed by atoms with Crippen molar-refractivity contribution in [3.63, 3.8) is 0 Å². The monoisotopic (exact) mass is 412 g/mol. The Morgan fingerprint density at radius 3 is 2.42 bits per heavy atom. The van der Waals surface area contributed by atoms with Gasteiger partial charge < -0.3 is 9.67 Å². The maximum atomic E-state index is 13.1. The number of carbonyl (C=O) groups is 2. The Hall–Kier alpha value is -3.73. The van der Waals surface area contributed by atoms with E-state index >= 15 is 0 Å². The molecule has 0 aliphatic heterocycles. The summed E-state index contributed by atoms with van der Waals surface area (Å²) in [4.78, 5) is 27.7. The van der Waals surface area contributed by atoms with Crippen LogP contribution in [-0.4, -0.2) is 34.2 Å². The van der Waals surface area contributed by atoms with Crippen molar-refractivity contribution < 1.29 is 14.7 Å². The first-order chi connectivity index (χ1) is 15.0. The molecule has 3 aromatic carbocycles. The lowest BCUT2D eigenvalue weighted by molar-refractivity contribution is -0.135. The summed E-state index contributed by atoms with van der Waals surface area (Å²) in [5, 5.41) is 10.9. The van der Waals surface area contributed by atoms with Gasteiger partial charge >= 0.3 is 5.97 Å². The largest absolute Gasteiger partial charge is 0.480 e. The zero-order valence-corrected chi connectivity index (χ0v) is 17.6. The van der Waals surface area contributed by atoms with Crippen molar-refractivity contribution in [1.82, 2.24) is 4.57 Å². The molecule has 1 heterocycles. The second-order valence-electron chi connectivity index (χ2n) is 7.59. The van der Waals surface area contributed by atoms with E-state index in [4.69, 9.17) is 5.11 Å². The SMILES string of the molecule is CCn1c2ccc(CC=NCC(=O)O)cc2c2cc(C(=O)c3ccccc3C)ccc21. The number of aliphatic carboxylic acids is 1. The first-order valence-electron chi connectivity index (χ1n) is 10.3. The molecule has 0 fully saturated rings. The van der Waals surface area contributed by atoms with Crippen molar-refractivity contribution in [3.05, 3.63) is 82.9 Å². The molecule has 0 saturated carbocycles. The molecular formula is C26H24N2O3. The Bertz CT molecular complexity index is 1330. The van der Waals surface area contributed by atoms with Crippen molar-refractivity contribution in [1.29, 1.82) is 0 Å². The van der Waals surface area contributed by atoms with Crippen molar-refractivity contribution in [3.8, 4) is 0 Å². The van der Waals surface area contributed by atoms with E-state index in [1.54, 1.807) is 6.21 Å². The average molecular weight is 412 g/mol. The molecule has 1 aromatic heterocycles. The van der Waals surface area contributed by atoms with Crippen LogP contribution in [0.25, 0.3) is 21.8 Å². The highest BCUT2D eigenvalue weighted by atomic mass is 16.4. The molecule has 5 heteroatoms. The molecule has 5 nitrogen and oxygen atoms in total. The quantitative estimate of drug-likeness (QED) is 0.341. The minimum absolute atomic E-state index is 0.0226. The number of hydrogen-bond acceptors (Lipinski definition) is 3. The number of fused-ring (bicyclic) bond motifs is 3. The summed E-state index contributed by atoms with van der Waals surface area (Å²) in [6.07, 6.45) is 2.20. The molecular weight excluding hydrogens is 388 g/mol. The fourth-order valence-corrected chi connectivity index (χ4v) is 4.06. The number of benzene rings is 3. The van der Waals surface area contributed by atoms with Crippen LogP contribution in [0.5, 0.6) is 0 Å². The van der Waals surface area contributed by atoms with Crippen LogP contribution in [0.3, 0.4) is 0 Å². The molecule has 0 saturated heterocycles. The first-order valence-corrected chi connectivity index (χ1v) is 10.3. The normalized spacial score (nSPS) is 11.5. The third-order valence-corrected chi connectivity index (χ3v) is 5.58. The highest BCUT2D eigenvalue weighted by Crippen LogP contribution is 2.31. The van der Waals surface area contributed by atoms with Gasteiger partial charge in [-0.3, -0.25) is 14.6 Å². The highest BCUT2D eigenvalue weighted by Gasteiger charge is 2.15. The van der Waals surface area contributed by atoms with Gasteiger partial charge in [0.2, 0.25) is 0 Å². The molecule has 4 rings (SSSR count). The lowest BCUT2D eigenvalue weighted by atomic mass is 9.97. The van der Waals surface area contributed by atoms with Crippen LogP contribution < -0.4 is 0 Å². The summed E-state index contributed by atoms with van der Waals surface area (Å²) in [6.45, 7) is 4.66. The summed E-state index contributed by atoms with van der Waals surface area (Å²) < 4.78 is 2.25. The molecule has 1 N–H and O–H groups in total. The third-order valence-electron chi connectivity index (χ3n) is 5.58. The Morgan fingerprint density at radius 2 is 1.71 bits per heavy atom. The maximum Gasteiger partial charge on any atom is 0.325 e. The predicted molar refractivity (Wildman–Crippen MR) is 124 cm³/mol. The van der Waals surface area contributed by atoms with Gasteiger partial charge in [0, 0.05) is 52.1 Å². The minimum Gasteiger partial charge on any atom is -0.480 e. The number of ketones is 1. The number of nitrogens with zero attached hydrogens (tertiary/aromatic N) is 2. The second kappa shape index (κ2) is 8.56. The number of carboxylic acids is 1. The fourth-order valence-electron chi connectivity index (χ4n) is 4.06. The number of aliphatic imine (C=N–C) groups is 1. The third kappa shape index (κ3) is 3.99. The van der Waals surface area contributed by atoms with Crippen LogP contribution >= 0.6 is 0 Å². The predicted octanol–water partition coefficient (Wildman–Crippen LogP) is 5.05. The van der Waals surface area contributed by atoms with E-state index in [2.05, 4.69) is 28.6 Å². The average Bonchev–Trinajstić information content (AvgIpc) is 3.08. The van der Waals surface area contributed by atoms with Crippen molar-refractivity contribution >= 4 is 39.8 Å². The van der Waals surface area contributed by atoms with Crippen LogP contribution in [0.15, 0.2) is 65.7 Å². The number of hydrogen-bond donors (Lipinski definition) is 1. The number of aromatic nitrogens is 1. The van der Waals surface area contributed by atoms with E-state index in [0.717, 1.165) is 45.0 Å². The van der Waals surface area contributed by atoms with Crippen molar-refractivity contribution in [2.24, 2.45) is 4.99 Å². The molecule has 0 amide bonds. The molecule has 0 aliphatic carbocycles. The van der Waals surface area contributed by atoms with E-state index in [0.29, 0.717) is 12.0 Å². The zero-order valence-electron chi connectivity index (χ0n) is 17.6. The van der Waals surface area contributed by atoms with Crippen LogP contribution in [0.4, 0.5) is 0 Å². The van der Waals surface area contributed by atoms with Crippen LogP contribution in [0.1, 0.15) is 34.0 Å². The van der Waals surface area contributed by atoms with E-state index < -0.39 is 5.97 Å². The number of aryl methyl sites for hydroxylation is 2. The fraction of sp³-hybridized carbons (Fsp3) is 0.192. The van der Waals surface area contributed by atoms with Crippen molar-refractivity contribution in [2.75, 3.05) is 6.54 Å². The van der Waals surface area contributed by atoms with E-state index in [1.165, 1.54) is 0 Å². The number of carbonyl (C=O) groups excluding carboxylic acids is 1. The Kier molecular flexibility index (Phi) is 5.67. The molecule has 0 atom stereocenters. The van der Waals surface area contributed by atoms with Gasteiger partial charge in [0.15, 0.2) is 5.78 Å². The van der Waals surface area contributed by atoms with Crippen LogP contribution in [0.2, 0.25) is 0 Å². The highest BCUT2D eigenvalue weighted by molar-refractivity contribution is 6.15. The lowest BCUT2D eigenvalue weighted by Crippen LogP contribution is -2.03. The second-order valence-corrected chi connectivity index (χ2v) is 7.59. The van der Waals surface area contributed by atoms with E-state index in [9.17, 15) is 9.59 Å². The Morgan fingerprint density at radius 1 is 1.00 bits per heavy atom. The molecule has 0 unspecified atom stereocenters. The number of rotatable bonds is 7. The molecule has 31 heavy (non-hydrogen) atoms. The lowest BCUT2D eigenvalue weighted by Gasteiger charge is -2.06. The van der Waals surface area contributed by atoms with Gasteiger partial charge in [0.05, 0.1) is 0 Å². The topological polar surface area (TPSA) is 71.7 Å². The Labute approximate surface area is 180 Å². The van der Waals surface area contributed by atoms with Crippen molar-refractivity contribution in [2.45, 2.75) is 26.8 Å². The molecule has 0 spiro atoms. The minimum atomic E-state index is -0.941. The molecule has 0 bridgehead atoms. The molecule has 4 aromatic rings. The van der Waals surface area contributed by atoms with Gasteiger partial charge in [-0.25, -0.2) is 0 Å². The molecule has 0 aliphatic rings. The summed E-state index contributed by atoms with van der Waals surface area (Å²) in [7, 11) is 0. The maximum absolute atomic E-state index is 13.1. The number of carboxylic acid groups (broad SMARTS) is 1. The van der Waals surface area contributed by atoms with E-state index in [1.807, 2.05) is 55.5 Å². The summed E-state index contributed by atoms with van der Waals surface area (Å²) in [6, 6.07) is 19.8. The van der Waals surface area contributed by atoms with Crippen LogP contribution in [0, 0.1) is 6.92 Å². The smallest absolute Gasteiger partial charge is 0.325 e. The van der Waals surface area contributed by atoms with Gasteiger partial charge in [-0.1, -0.05) is 30.3 Å². The van der Waals surface area contributed by atoms with Gasteiger partial charge in [-0.15, -0.1) is 0 Å². The summed E-state index contributed by atoms with van der Waals surface area (Å²) in [5.74, 6) is -0.919. The van der Waals surface area contributed by atoms with Crippen LogP contribution in [-0.2, 0) is 17.8 Å². The Balaban J connectivity index is 1.79. The zero-order chi connectivity index (χ0) is 22.0. The molecule has 156 valence electrons. The van der Waals surface area contributed by atoms with Gasteiger partial charge in [0.25, 0.3) is 0 Å².